The molecule has 0 heterocycles. The standard InChI is InChI=1S/C19H28Si/c1-14-11-12-16(13-14)19(3,4)17-9-8-10-18(15(17)2)20(5,6)7/h8-13,16H,1-7H3. The monoisotopic (exact) mass is 284 g/mol. The SMILES string of the molecule is CC1=CC(C(C)(C)c2cccc([Si](C)(C)C)c2C)C=C1. The second-order valence-corrected chi connectivity index (χ2v) is 12.8. The highest BCUT2D eigenvalue weighted by Crippen LogP contribution is 2.38. The fourth-order valence-electron chi connectivity index (χ4n) is 3.42. The molecule has 1 aromatic carbocycles. The molecule has 1 atom stereocenters. The third kappa shape index (κ3) is 2.69. The Kier molecular flexibility index (Phi) is 3.85. The molecule has 108 valence electrons. The van der Waals surface area contributed by atoms with E-state index in [-0.39, 0.29) is 5.41 Å². The van der Waals surface area contributed by atoms with Crippen molar-refractivity contribution in [2.45, 2.75) is 52.8 Å². The van der Waals surface area contributed by atoms with E-state index in [4.69, 9.17) is 0 Å². The molecular formula is C19H28Si. The van der Waals surface area contributed by atoms with E-state index in [1.807, 2.05) is 0 Å². The molecule has 1 heteroatoms. The molecule has 0 spiro atoms. The highest BCUT2D eigenvalue weighted by Gasteiger charge is 2.32. The molecule has 0 saturated heterocycles. The second-order valence-electron chi connectivity index (χ2n) is 7.75. The minimum atomic E-state index is -1.27. The average molecular weight is 285 g/mol. The van der Waals surface area contributed by atoms with Crippen LogP contribution in [-0.4, -0.2) is 8.07 Å². The van der Waals surface area contributed by atoms with Gasteiger partial charge < -0.3 is 0 Å². The summed E-state index contributed by atoms with van der Waals surface area (Å²) in [6, 6.07) is 6.92. The van der Waals surface area contributed by atoms with Gasteiger partial charge in [-0.05, 0) is 30.4 Å². The molecule has 0 aliphatic heterocycles. The molecule has 0 amide bonds. The molecule has 2 rings (SSSR count). The molecule has 1 aliphatic carbocycles. The van der Waals surface area contributed by atoms with Crippen molar-refractivity contribution >= 4 is 13.3 Å². The molecule has 0 aromatic heterocycles. The molecule has 0 N–H and O–H groups in total. The van der Waals surface area contributed by atoms with Gasteiger partial charge in [-0.15, -0.1) is 0 Å². The second kappa shape index (κ2) is 5.03. The highest BCUT2D eigenvalue weighted by molar-refractivity contribution is 6.89. The summed E-state index contributed by atoms with van der Waals surface area (Å²) in [7, 11) is -1.27. The maximum Gasteiger partial charge on any atom is 0.0779 e. The summed E-state index contributed by atoms with van der Waals surface area (Å²) in [5.74, 6) is 0.512. The Hall–Kier alpha value is -1.08. The van der Waals surface area contributed by atoms with Crippen molar-refractivity contribution in [3.05, 3.63) is 53.1 Å². The van der Waals surface area contributed by atoms with E-state index in [0.29, 0.717) is 5.92 Å². The Morgan fingerprint density at radius 3 is 2.20 bits per heavy atom. The Morgan fingerprint density at radius 1 is 1.05 bits per heavy atom. The quantitative estimate of drug-likeness (QED) is 0.689. The van der Waals surface area contributed by atoms with E-state index in [9.17, 15) is 0 Å². The van der Waals surface area contributed by atoms with Crippen LogP contribution in [0, 0.1) is 12.8 Å². The first-order chi connectivity index (χ1) is 9.14. The lowest BCUT2D eigenvalue weighted by Crippen LogP contribution is -2.41. The molecule has 0 saturated carbocycles. The van der Waals surface area contributed by atoms with Gasteiger partial charge in [0.25, 0.3) is 0 Å². The molecule has 0 bridgehead atoms. The van der Waals surface area contributed by atoms with Crippen molar-refractivity contribution < 1.29 is 0 Å². The Bertz CT molecular complexity index is 568. The van der Waals surface area contributed by atoms with Crippen LogP contribution in [0.5, 0.6) is 0 Å². The van der Waals surface area contributed by atoms with Crippen LogP contribution in [0.25, 0.3) is 0 Å². The lowest BCUT2D eigenvalue weighted by atomic mass is 9.72. The minimum absolute atomic E-state index is 0.161. The number of allylic oxidation sites excluding steroid dienone is 4. The number of hydrogen-bond donors (Lipinski definition) is 0. The van der Waals surface area contributed by atoms with E-state index in [1.54, 1.807) is 5.19 Å². The van der Waals surface area contributed by atoms with Crippen LogP contribution < -0.4 is 5.19 Å². The van der Waals surface area contributed by atoms with Crippen LogP contribution in [0.1, 0.15) is 31.9 Å². The predicted octanol–water partition coefficient (Wildman–Crippen LogP) is 4.95. The van der Waals surface area contributed by atoms with Gasteiger partial charge in [0.1, 0.15) is 0 Å². The van der Waals surface area contributed by atoms with Gasteiger partial charge in [-0.3, -0.25) is 0 Å². The normalized spacial score (nSPS) is 19.4. The molecule has 20 heavy (non-hydrogen) atoms. The smallest absolute Gasteiger partial charge is 0.0765 e. The van der Waals surface area contributed by atoms with Crippen molar-refractivity contribution in [2.24, 2.45) is 5.92 Å². The fraction of sp³-hybridized carbons (Fsp3) is 0.474. The van der Waals surface area contributed by atoms with Gasteiger partial charge in [0.15, 0.2) is 0 Å². The third-order valence-corrected chi connectivity index (χ3v) is 6.84. The molecule has 0 nitrogen and oxygen atoms in total. The maximum atomic E-state index is 2.44. The Labute approximate surface area is 125 Å². The minimum Gasteiger partial charge on any atom is -0.0765 e. The van der Waals surface area contributed by atoms with Gasteiger partial charge in [-0.1, -0.05) is 80.7 Å². The first-order valence-corrected chi connectivity index (χ1v) is 11.1. The first-order valence-electron chi connectivity index (χ1n) is 7.61. The van der Waals surface area contributed by atoms with Crippen molar-refractivity contribution in [2.75, 3.05) is 0 Å². The van der Waals surface area contributed by atoms with E-state index in [1.165, 1.54) is 16.7 Å². The molecule has 0 fully saturated rings. The molecule has 1 aromatic rings. The summed E-state index contributed by atoms with van der Waals surface area (Å²) >= 11 is 0. The predicted molar refractivity (Wildman–Crippen MR) is 93.6 cm³/mol. The van der Waals surface area contributed by atoms with Crippen molar-refractivity contribution in [3.8, 4) is 0 Å². The molecule has 0 radical (unpaired) electrons. The van der Waals surface area contributed by atoms with Gasteiger partial charge in [0.2, 0.25) is 0 Å². The van der Waals surface area contributed by atoms with Crippen molar-refractivity contribution in [1.82, 2.24) is 0 Å². The maximum absolute atomic E-state index is 2.44. The largest absolute Gasteiger partial charge is 0.0779 e. The Morgan fingerprint density at radius 2 is 1.70 bits per heavy atom. The number of benzene rings is 1. The van der Waals surface area contributed by atoms with Crippen LogP contribution in [-0.2, 0) is 5.41 Å². The summed E-state index contributed by atoms with van der Waals surface area (Å²) in [6.45, 7) is 16.6. The summed E-state index contributed by atoms with van der Waals surface area (Å²) in [5.41, 5.74) is 4.58. The van der Waals surface area contributed by atoms with Crippen LogP contribution in [0.2, 0.25) is 19.6 Å². The van der Waals surface area contributed by atoms with Gasteiger partial charge in [-0.25, -0.2) is 0 Å². The van der Waals surface area contributed by atoms with Gasteiger partial charge in [-0.2, -0.15) is 0 Å². The zero-order chi connectivity index (χ0) is 15.1. The first kappa shape index (κ1) is 15.3. The summed E-state index contributed by atoms with van der Waals surface area (Å²) in [5, 5.41) is 1.60. The van der Waals surface area contributed by atoms with Crippen molar-refractivity contribution in [3.63, 3.8) is 0 Å². The number of hydrogen-bond acceptors (Lipinski definition) is 0. The zero-order valence-corrected chi connectivity index (χ0v) is 15.0. The fourth-order valence-corrected chi connectivity index (χ4v) is 5.28. The van der Waals surface area contributed by atoms with E-state index >= 15 is 0 Å². The third-order valence-electron chi connectivity index (χ3n) is 4.68. The Balaban J connectivity index is 2.51. The highest BCUT2D eigenvalue weighted by atomic mass is 28.3. The summed E-state index contributed by atoms with van der Waals surface area (Å²) < 4.78 is 0. The number of rotatable bonds is 3. The lowest BCUT2D eigenvalue weighted by Gasteiger charge is -2.34. The summed E-state index contributed by atoms with van der Waals surface area (Å²) in [4.78, 5) is 0. The molecule has 1 unspecified atom stereocenters. The van der Waals surface area contributed by atoms with Gasteiger partial charge in [0, 0.05) is 5.92 Å². The van der Waals surface area contributed by atoms with E-state index in [0.717, 1.165) is 0 Å². The van der Waals surface area contributed by atoms with Gasteiger partial charge in [0.05, 0.1) is 8.07 Å². The average Bonchev–Trinajstić information content (AvgIpc) is 2.75. The summed E-state index contributed by atoms with van der Waals surface area (Å²) in [6.07, 6.45) is 7.01. The zero-order valence-electron chi connectivity index (χ0n) is 14.0. The van der Waals surface area contributed by atoms with Crippen LogP contribution in [0.3, 0.4) is 0 Å². The lowest BCUT2D eigenvalue weighted by molar-refractivity contribution is 0.446. The van der Waals surface area contributed by atoms with E-state index < -0.39 is 8.07 Å². The van der Waals surface area contributed by atoms with Gasteiger partial charge >= 0.3 is 0 Å². The van der Waals surface area contributed by atoms with Crippen LogP contribution in [0.15, 0.2) is 42.0 Å². The van der Waals surface area contributed by atoms with Crippen molar-refractivity contribution in [1.29, 1.82) is 0 Å². The molecular weight excluding hydrogens is 256 g/mol. The topological polar surface area (TPSA) is 0 Å². The van der Waals surface area contributed by atoms with Crippen LogP contribution >= 0.6 is 0 Å². The van der Waals surface area contributed by atoms with E-state index in [2.05, 4.69) is 83.8 Å². The van der Waals surface area contributed by atoms with Crippen LogP contribution in [0.4, 0.5) is 0 Å². The molecule has 1 aliphatic rings.